The van der Waals surface area contributed by atoms with Crippen LogP contribution in [0.1, 0.15) is 12.5 Å². The van der Waals surface area contributed by atoms with Gasteiger partial charge < -0.3 is 9.62 Å². The predicted octanol–water partition coefficient (Wildman–Crippen LogP) is 1.48. The Morgan fingerprint density at radius 1 is 1.78 bits per heavy atom. The Kier molecular flexibility index (Phi) is 1.53. The lowest BCUT2D eigenvalue weighted by Crippen LogP contribution is -1.89. The molecular formula is C6H7NO2. The third kappa shape index (κ3) is 1.10. The molecule has 9 heavy (non-hydrogen) atoms. The van der Waals surface area contributed by atoms with Crippen LogP contribution in [0.15, 0.2) is 28.2 Å². The Morgan fingerprint density at radius 3 is 3.00 bits per heavy atom. The van der Waals surface area contributed by atoms with Crippen molar-refractivity contribution in [2.45, 2.75) is 6.92 Å². The summed E-state index contributed by atoms with van der Waals surface area (Å²) in [6.07, 6.45) is 3.05. The second kappa shape index (κ2) is 2.35. The number of rotatable bonds is 1. The highest BCUT2D eigenvalue weighted by Gasteiger charge is 1.95. The minimum atomic E-state index is 0.559. The molecule has 1 rings (SSSR count). The van der Waals surface area contributed by atoms with Gasteiger partial charge in [-0.25, -0.2) is 0 Å². The number of oxime groups is 1. The van der Waals surface area contributed by atoms with Crippen LogP contribution >= 0.6 is 0 Å². The zero-order chi connectivity index (χ0) is 6.69. The van der Waals surface area contributed by atoms with Crippen LogP contribution in [-0.2, 0) is 0 Å². The number of hydrogen-bond donors (Lipinski definition) is 1. The van der Waals surface area contributed by atoms with Crippen LogP contribution in [0.4, 0.5) is 0 Å². The SMILES string of the molecule is C/C(=N\O)c1ccoc1. The van der Waals surface area contributed by atoms with Crippen molar-refractivity contribution in [3.63, 3.8) is 0 Å². The van der Waals surface area contributed by atoms with Gasteiger partial charge in [0.25, 0.3) is 0 Å². The average molecular weight is 125 g/mol. The van der Waals surface area contributed by atoms with Gasteiger partial charge in [0.15, 0.2) is 0 Å². The van der Waals surface area contributed by atoms with Crippen LogP contribution in [0.2, 0.25) is 0 Å². The normalized spacial score (nSPS) is 11.9. The van der Waals surface area contributed by atoms with Gasteiger partial charge in [0.05, 0.1) is 18.2 Å². The summed E-state index contributed by atoms with van der Waals surface area (Å²) < 4.78 is 4.75. The average Bonchev–Trinajstić information content (AvgIpc) is 2.37. The summed E-state index contributed by atoms with van der Waals surface area (Å²) in [5.41, 5.74) is 1.36. The summed E-state index contributed by atoms with van der Waals surface area (Å²) in [6, 6.07) is 1.73. The third-order valence-electron chi connectivity index (χ3n) is 1.09. The molecule has 0 aliphatic carbocycles. The van der Waals surface area contributed by atoms with E-state index < -0.39 is 0 Å². The standard InChI is InChI=1S/C6H7NO2/c1-5(7-8)6-2-3-9-4-6/h2-4,8H,1H3/b7-5+. The molecule has 0 aromatic carbocycles. The number of nitrogens with zero attached hydrogens (tertiary/aromatic N) is 1. The van der Waals surface area contributed by atoms with Crippen molar-refractivity contribution in [3.05, 3.63) is 24.2 Å². The highest BCUT2D eigenvalue weighted by molar-refractivity contribution is 5.97. The number of furan rings is 1. The molecule has 0 saturated carbocycles. The van der Waals surface area contributed by atoms with E-state index in [9.17, 15) is 0 Å². The van der Waals surface area contributed by atoms with Crippen LogP contribution in [0.5, 0.6) is 0 Å². The second-order valence-corrected chi connectivity index (χ2v) is 1.70. The van der Waals surface area contributed by atoms with Crippen LogP contribution in [0.25, 0.3) is 0 Å². The van der Waals surface area contributed by atoms with Gasteiger partial charge >= 0.3 is 0 Å². The molecule has 0 spiro atoms. The van der Waals surface area contributed by atoms with E-state index in [2.05, 4.69) is 5.16 Å². The molecule has 1 aromatic rings. The maximum Gasteiger partial charge on any atom is 0.0994 e. The first-order valence-electron chi connectivity index (χ1n) is 2.56. The summed E-state index contributed by atoms with van der Waals surface area (Å²) in [7, 11) is 0. The van der Waals surface area contributed by atoms with Crippen molar-refractivity contribution >= 4 is 5.71 Å². The molecule has 0 aliphatic rings. The van der Waals surface area contributed by atoms with Gasteiger partial charge in [-0.1, -0.05) is 5.16 Å². The Balaban J connectivity index is 2.90. The maximum atomic E-state index is 8.25. The minimum Gasteiger partial charge on any atom is -0.472 e. The monoisotopic (exact) mass is 125 g/mol. The molecule has 1 heterocycles. The summed E-state index contributed by atoms with van der Waals surface area (Å²) in [6.45, 7) is 1.70. The largest absolute Gasteiger partial charge is 0.472 e. The lowest BCUT2D eigenvalue weighted by Gasteiger charge is -1.86. The minimum absolute atomic E-state index is 0.559. The zero-order valence-corrected chi connectivity index (χ0v) is 5.03. The molecule has 3 nitrogen and oxygen atoms in total. The third-order valence-corrected chi connectivity index (χ3v) is 1.09. The van der Waals surface area contributed by atoms with Gasteiger partial charge in [-0.3, -0.25) is 0 Å². The Morgan fingerprint density at radius 2 is 2.56 bits per heavy atom. The van der Waals surface area contributed by atoms with E-state index in [1.807, 2.05) is 0 Å². The van der Waals surface area contributed by atoms with Gasteiger partial charge in [-0.05, 0) is 13.0 Å². The van der Waals surface area contributed by atoms with Crippen molar-refractivity contribution in [1.82, 2.24) is 0 Å². The summed E-state index contributed by atoms with van der Waals surface area (Å²) >= 11 is 0. The van der Waals surface area contributed by atoms with Crippen LogP contribution in [-0.4, -0.2) is 10.9 Å². The maximum absolute atomic E-state index is 8.25. The Bertz CT molecular complexity index is 201. The van der Waals surface area contributed by atoms with E-state index in [4.69, 9.17) is 9.62 Å². The van der Waals surface area contributed by atoms with Crippen LogP contribution in [0.3, 0.4) is 0 Å². The molecule has 0 aliphatic heterocycles. The Hall–Kier alpha value is -1.25. The molecule has 0 atom stereocenters. The van der Waals surface area contributed by atoms with Gasteiger partial charge in [-0.15, -0.1) is 0 Å². The molecule has 3 heteroatoms. The van der Waals surface area contributed by atoms with E-state index in [1.54, 1.807) is 13.0 Å². The van der Waals surface area contributed by atoms with Crippen molar-refractivity contribution in [2.75, 3.05) is 0 Å². The summed E-state index contributed by atoms with van der Waals surface area (Å²) in [4.78, 5) is 0. The fourth-order valence-corrected chi connectivity index (χ4v) is 0.528. The van der Waals surface area contributed by atoms with Crippen molar-refractivity contribution < 1.29 is 9.62 Å². The topological polar surface area (TPSA) is 45.7 Å². The van der Waals surface area contributed by atoms with Crippen LogP contribution in [0, 0.1) is 0 Å². The Labute approximate surface area is 52.6 Å². The van der Waals surface area contributed by atoms with Crippen molar-refractivity contribution in [3.8, 4) is 0 Å². The highest BCUT2D eigenvalue weighted by Crippen LogP contribution is 2.00. The molecule has 0 saturated heterocycles. The van der Waals surface area contributed by atoms with Gasteiger partial charge in [-0.2, -0.15) is 0 Å². The second-order valence-electron chi connectivity index (χ2n) is 1.70. The number of hydrogen-bond acceptors (Lipinski definition) is 3. The molecular weight excluding hydrogens is 118 g/mol. The van der Waals surface area contributed by atoms with Gasteiger partial charge in [0.1, 0.15) is 0 Å². The fourth-order valence-electron chi connectivity index (χ4n) is 0.528. The molecule has 0 unspecified atom stereocenters. The molecule has 0 radical (unpaired) electrons. The fraction of sp³-hybridized carbons (Fsp3) is 0.167. The predicted molar refractivity (Wildman–Crippen MR) is 32.7 cm³/mol. The lowest BCUT2D eigenvalue weighted by atomic mass is 10.2. The quantitative estimate of drug-likeness (QED) is 0.351. The molecule has 1 aromatic heterocycles. The highest BCUT2D eigenvalue weighted by atomic mass is 16.4. The van der Waals surface area contributed by atoms with Crippen LogP contribution < -0.4 is 0 Å². The van der Waals surface area contributed by atoms with Crippen molar-refractivity contribution in [2.24, 2.45) is 5.16 Å². The molecule has 48 valence electrons. The molecule has 0 bridgehead atoms. The van der Waals surface area contributed by atoms with E-state index >= 15 is 0 Å². The molecule has 0 fully saturated rings. The first-order valence-corrected chi connectivity index (χ1v) is 2.56. The first kappa shape index (κ1) is 5.88. The molecule has 1 N–H and O–H groups in total. The summed E-state index contributed by atoms with van der Waals surface area (Å²) in [5, 5.41) is 11.2. The smallest absolute Gasteiger partial charge is 0.0994 e. The zero-order valence-electron chi connectivity index (χ0n) is 5.03. The summed E-state index contributed by atoms with van der Waals surface area (Å²) in [5.74, 6) is 0. The van der Waals surface area contributed by atoms with Crippen molar-refractivity contribution in [1.29, 1.82) is 0 Å². The van der Waals surface area contributed by atoms with E-state index in [0.29, 0.717) is 5.71 Å². The van der Waals surface area contributed by atoms with Gasteiger partial charge in [0, 0.05) is 5.56 Å². The van der Waals surface area contributed by atoms with E-state index in [0.717, 1.165) is 5.56 Å². The lowest BCUT2D eigenvalue weighted by molar-refractivity contribution is 0.319. The van der Waals surface area contributed by atoms with E-state index in [-0.39, 0.29) is 0 Å². The molecule has 0 amide bonds. The van der Waals surface area contributed by atoms with E-state index in [1.165, 1.54) is 12.5 Å². The first-order chi connectivity index (χ1) is 4.34. The van der Waals surface area contributed by atoms with Gasteiger partial charge in [0.2, 0.25) is 0 Å².